The van der Waals surface area contributed by atoms with E-state index < -0.39 is 48.4 Å². The van der Waals surface area contributed by atoms with Gasteiger partial charge in [0.15, 0.2) is 0 Å². The Balaban J connectivity index is 1.68. The number of ether oxygens (including phenoxy) is 2. The average molecular weight is 522 g/mol. The minimum absolute atomic E-state index is 0.148. The standard InChI is InChI=1S/C25H29F2N3O5S/c1-24(2,3)35-23(33)29-18-13-36-20-17(21(31)28-15-9-25(26,27)10-15)12-30(22(32)19(18)20)11-14-6-5-7-16(8-14)34-4/h5-8,12,15,18H,9-11,13H2,1-4H3,(H,28,31)(H,29,33)/t18-/m0/s1. The number of thioether (sulfide) groups is 1. The molecule has 2 heterocycles. The van der Waals surface area contributed by atoms with E-state index in [9.17, 15) is 23.2 Å². The number of fused-ring (bicyclic) bond motifs is 1. The minimum Gasteiger partial charge on any atom is -0.497 e. The van der Waals surface area contributed by atoms with E-state index in [4.69, 9.17) is 9.47 Å². The number of alkyl halides is 2. The zero-order valence-corrected chi connectivity index (χ0v) is 21.3. The van der Waals surface area contributed by atoms with E-state index in [0.29, 0.717) is 16.4 Å². The minimum atomic E-state index is -2.78. The second kappa shape index (κ2) is 9.76. The molecule has 1 aromatic carbocycles. The van der Waals surface area contributed by atoms with Crippen LogP contribution in [0.25, 0.3) is 0 Å². The molecule has 0 radical (unpaired) electrons. The Morgan fingerprint density at radius 3 is 2.58 bits per heavy atom. The van der Waals surface area contributed by atoms with Crippen molar-refractivity contribution in [2.75, 3.05) is 12.9 Å². The Morgan fingerprint density at radius 1 is 1.22 bits per heavy atom. The van der Waals surface area contributed by atoms with E-state index in [1.165, 1.54) is 29.6 Å². The summed E-state index contributed by atoms with van der Waals surface area (Å²) in [4.78, 5) is 39.6. The van der Waals surface area contributed by atoms with Crippen molar-refractivity contribution in [3.8, 4) is 5.75 Å². The first-order valence-corrected chi connectivity index (χ1v) is 12.5. The molecule has 0 spiro atoms. The summed E-state index contributed by atoms with van der Waals surface area (Å²) in [5, 5.41) is 5.39. The SMILES string of the molecule is COc1cccc(Cn2cc(C(=O)NC3CC(F)(F)C3)c3c(c2=O)[C@@H](NC(=O)OC(C)(C)C)CS3)c1. The number of amides is 2. The van der Waals surface area contributed by atoms with Crippen LogP contribution in [-0.4, -0.2) is 47.0 Å². The van der Waals surface area contributed by atoms with Crippen LogP contribution in [0.5, 0.6) is 5.75 Å². The lowest BCUT2D eigenvalue weighted by Crippen LogP contribution is -2.50. The van der Waals surface area contributed by atoms with Gasteiger partial charge in [0.25, 0.3) is 17.4 Å². The highest BCUT2D eigenvalue weighted by Crippen LogP contribution is 2.40. The van der Waals surface area contributed by atoms with Crippen LogP contribution >= 0.6 is 11.8 Å². The maximum atomic E-state index is 13.5. The number of nitrogens with one attached hydrogen (secondary N) is 2. The predicted molar refractivity (Wildman–Crippen MR) is 131 cm³/mol. The Labute approximate surface area is 211 Å². The number of carbonyl (C=O) groups excluding carboxylic acids is 2. The molecule has 0 saturated heterocycles. The second-order valence-electron chi connectivity index (χ2n) is 10.0. The summed E-state index contributed by atoms with van der Waals surface area (Å²) in [6.07, 6.45) is -0.0534. The van der Waals surface area contributed by atoms with Crippen LogP contribution in [0.15, 0.2) is 40.2 Å². The van der Waals surface area contributed by atoms with Crippen molar-refractivity contribution in [3.63, 3.8) is 0 Å². The van der Waals surface area contributed by atoms with Crippen LogP contribution in [0.3, 0.4) is 0 Å². The number of carbonyl (C=O) groups is 2. The number of halogens is 2. The van der Waals surface area contributed by atoms with Crippen molar-refractivity contribution in [2.45, 2.75) is 68.7 Å². The van der Waals surface area contributed by atoms with Gasteiger partial charge in [0.2, 0.25) is 0 Å². The van der Waals surface area contributed by atoms with Crippen molar-refractivity contribution in [2.24, 2.45) is 0 Å². The lowest BCUT2D eigenvalue weighted by Gasteiger charge is -2.35. The predicted octanol–water partition coefficient (Wildman–Crippen LogP) is 4.10. The number of hydrogen-bond acceptors (Lipinski definition) is 6. The number of pyridine rings is 1. The lowest BCUT2D eigenvalue weighted by atomic mass is 9.88. The van der Waals surface area contributed by atoms with Crippen LogP contribution in [0, 0.1) is 0 Å². The van der Waals surface area contributed by atoms with Gasteiger partial charge in [-0.3, -0.25) is 9.59 Å². The molecule has 4 rings (SSSR count). The van der Waals surface area contributed by atoms with Crippen molar-refractivity contribution in [1.29, 1.82) is 0 Å². The molecule has 1 aliphatic carbocycles. The molecule has 2 amide bonds. The van der Waals surface area contributed by atoms with Crippen LogP contribution in [0.2, 0.25) is 0 Å². The fourth-order valence-corrected chi connectivity index (χ4v) is 5.49. The normalized spacial score (nSPS) is 18.7. The summed E-state index contributed by atoms with van der Waals surface area (Å²) in [5.74, 6) is -2.36. The Hall–Kier alpha value is -3.08. The van der Waals surface area contributed by atoms with Gasteiger partial charge in [-0.15, -0.1) is 11.8 Å². The molecule has 11 heteroatoms. The van der Waals surface area contributed by atoms with Crippen LogP contribution in [0.1, 0.15) is 61.1 Å². The highest BCUT2D eigenvalue weighted by Gasteiger charge is 2.46. The molecule has 2 aliphatic rings. The Bertz CT molecular complexity index is 1230. The molecule has 1 atom stereocenters. The zero-order valence-electron chi connectivity index (χ0n) is 20.5. The van der Waals surface area contributed by atoms with Crippen LogP contribution in [0.4, 0.5) is 13.6 Å². The molecular formula is C25H29F2N3O5S. The molecular weight excluding hydrogens is 492 g/mol. The number of benzene rings is 1. The van der Waals surface area contributed by atoms with E-state index >= 15 is 0 Å². The quantitative estimate of drug-likeness (QED) is 0.594. The highest BCUT2D eigenvalue weighted by atomic mass is 32.2. The monoisotopic (exact) mass is 521 g/mol. The third kappa shape index (κ3) is 5.83. The number of rotatable bonds is 6. The van der Waals surface area contributed by atoms with E-state index in [1.54, 1.807) is 39.0 Å². The van der Waals surface area contributed by atoms with E-state index in [1.807, 2.05) is 6.07 Å². The number of nitrogens with zero attached hydrogens (tertiary/aromatic N) is 1. The van der Waals surface area contributed by atoms with Crippen molar-refractivity contribution in [3.05, 3.63) is 57.5 Å². The average Bonchev–Trinajstić information content (AvgIpc) is 3.16. The summed E-state index contributed by atoms with van der Waals surface area (Å²) >= 11 is 1.27. The number of methoxy groups -OCH3 is 1. The van der Waals surface area contributed by atoms with Crippen molar-refractivity contribution in [1.82, 2.24) is 15.2 Å². The molecule has 2 N–H and O–H groups in total. The van der Waals surface area contributed by atoms with Gasteiger partial charge >= 0.3 is 6.09 Å². The first-order chi connectivity index (χ1) is 16.8. The molecule has 1 saturated carbocycles. The lowest BCUT2D eigenvalue weighted by molar-refractivity contribution is -0.0901. The summed E-state index contributed by atoms with van der Waals surface area (Å²) in [5.41, 5.74) is 0.175. The molecule has 8 nitrogen and oxygen atoms in total. The first-order valence-electron chi connectivity index (χ1n) is 11.6. The molecule has 0 bridgehead atoms. The summed E-state index contributed by atoms with van der Waals surface area (Å²) < 4.78 is 38.6. The van der Waals surface area contributed by atoms with Crippen LogP contribution in [-0.2, 0) is 11.3 Å². The fraction of sp³-hybridized carbons (Fsp3) is 0.480. The first kappa shape index (κ1) is 26.0. The van der Waals surface area contributed by atoms with E-state index in [2.05, 4.69) is 10.6 Å². The number of aromatic nitrogens is 1. The second-order valence-corrected chi connectivity index (χ2v) is 11.0. The fourth-order valence-electron chi connectivity index (χ4n) is 4.22. The zero-order chi connectivity index (χ0) is 26.3. The number of hydrogen-bond donors (Lipinski definition) is 2. The molecule has 36 heavy (non-hydrogen) atoms. The Kier molecular flexibility index (Phi) is 7.05. The van der Waals surface area contributed by atoms with Gasteiger partial charge in [0.1, 0.15) is 11.4 Å². The summed E-state index contributed by atoms with van der Waals surface area (Å²) in [7, 11) is 1.54. The van der Waals surface area contributed by atoms with Gasteiger partial charge in [-0.1, -0.05) is 12.1 Å². The summed E-state index contributed by atoms with van der Waals surface area (Å²) in [6.45, 7) is 5.35. The van der Waals surface area contributed by atoms with Gasteiger partial charge in [-0.05, 0) is 38.5 Å². The van der Waals surface area contributed by atoms with Gasteiger partial charge in [0, 0.05) is 35.7 Å². The van der Waals surface area contributed by atoms with Crippen molar-refractivity contribution >= 4 is 23.8 Å². The molecule has 1 aliphatic heterocycles. The molecule has 1 aromatic heterocycles. The largest absolute Gasteiger partial charge is 0.497 e. The van der Waals surface area contributed by atoms with Gasteiger partial charge in [-0.2, -0.15) is 0 Å². The highest BCUT2D eigenvalue weighted by molar-refractivity contribution is 7.99. The van der Waals surface area contributed by atoms with Crippen LogP contribution < -0.4 is 20.9 Å². The molecule has 2 aromatic rings. The van der Waals surface area contributed by atoms with Gasteiger partial charge < -0.3 is 24.7 Å². The maximum Gasteiger partial charge on any atom is 0.408 e. The summed E-state index contributed by atoms with van der Waals surface area (Å²) in [6, 6.07) is 5.86. The van der Waals surface area contributed by atoms with Crippen molar-refractivity contribution < 1.29 is 27.8 Å². The van der Waals surface area contributed by atoms with Gasteiger partial charge in [-0.25, -0.2) is 13.6 Å². The molecule has 0 unspecified atom stereocenters. The third-order valence-corrected chi connectivity index (χ3v) is 7.08. The third-order valence-electron chi connectivity index (χ3n) is 5.86. The maximum absolute atomic E-state index is 13.5. The van der Waals surface area contributed by atoms with E-state index in [0.717, 1.165) is 5.56 Å². The topological polar surface area (TPSA) is 98.7 Å². The Morgan fingerprint density at radius 2 is 1.94 bits per heavy atom. The molecule has 1 fully saturated rings. The molecule has 194 valence electrons. The smallest absolute Gasteiger partial charge is 0.408 e. The van der Waals surface area contributed by atoms with E-state index in [-0.39, 0.29) is 23.2 Å². The number of alkyl carbamates (subject to hydrolysis) is 1. The van der Waals surface area contributed by atoms with Gasteiger partial charge in [0.05, 0.1) is 30.8 Å².